The molecule has 0 heterocycles. The Morgan fingerprint density at radius 2 is 1.80 bits per heavy atom. The summed E-state index contributed by atoms with van der Waals surface area (Å²) in [5.41, 5.74) is 8.44. The molecule has 0 spiro atoms. The predicted molar refractivity (Wildman–Crippen MR) is 62.0 cm³/mol. The van der Waals surface area contributed by atoms with Gasteiger partial charge < -0.3 is 20.8 Å². The molecule has 1 rings (SSSR count). The average Bonchev–Trinajstić information content (AvgIpc) is 2.17. The molecule has 0 saturated heterocycles. The molecule has 0 aliphatic heterocycles. The minimum atomic E-state index is 0.0732. The number of hydrogen-bond donors (Lipinski definition) is 3. The lowest BCUT2D eigenvalue weighted by molar-refractivity contribution is 0.281. The molecule has 0 aliphatic carbocycles. The van der Waals surface area contributed by atoms with Gasteiger partial charge in [-0.3, -0.25) is 0 Å². The van der Waals surface area contributed by atoms with E-state index in [4.69, 9.17) is 15.9 Å². The van der Waals surface area contributed by atoms with Crippen LogP contribution in [0.1, 0.15) is 5.56 Å². The summed E-state index contributed by atoms with van der Waals surface area (Å²) in [5.74, 6) is 0. The Labute approximate surface area is 89.9 Å². The Kier molecular flexibility index (Phi) is 4.39. The number of aryl methyl sites for hydroxylation is 1. The van der Waals surface area contributed by atoms with E-state index in [0.717, 1.165) is 16.9 Å². The Bertz CT molecular complexity index is 309. The third kappa shape index (κ3) is 3.11. The third-order valence-corrected chi connectivity index (χ3v) is 2.30. The maximum absolute atomic E-state index is 8.92. The molecule has 0 saturated carbocycles. The van der Waals surface area contributed by atoms with Gasteiger partial charge in [0.1, 0.15) is 0 Å². The zero-order chi connectivity index (χ0) is 11.3. The van der Waals surface area contributed by atoms with E-state index < -0.39 is 0 Å². The number of nitrogen functional groups attached to an aromatic ring is 1. The zero-order valence-corrected chi connectivity index (χ0v) is 8.98. The summed E-state index contributed by atoms with van der Waals surface area (Å²) in [5, 5.41) is 17.8. The van der Waals surface area contributed by atoms with Crippen molar-refractivity contribution >= 4 is 11.4 Å². The summed E-state index contributed by atoms with van der Waals surface area (Å²) in [7, 11) is 0. The SMILES string of the molecule is Cc1cc(N)ccc1N(CCO)CCO. The molecule has 4 N–H and O–H groups in total. The van der Waals surface area contributed by atoms with Crippen LogP contribution in [0.5, 0.6) is 0 Å². The van der Waals surface area contributed by atoms with E-state index in [0.29, 0.717) is 13.1 Å². The number of aliphatic hydroxyl groups is 2. The first-order valence-electron chi connectivity index (χ1n) is 5.02. The minimum Gasteiger partial charge on any atom is -0.399 e. The van der Waals surface area contributed by atoms with Gasteiger partial charge in [0, 0.05) is 24.5 Å². The number of nitrogens with zero attached hydrogens (tertiary/aromatic N) is 1. The van der Waals surface area contributed by atoms with E-state index in [1.807, 2.05) is 30.0 Å². The van der Waals surface area contributed by atoms with Crippen molar-refractivity contribution in [3.63, 3.8) is 0 Å². The molecule has 1 aromatic rings. The fraction of sp³-hybridized carbons (Fsp3) is 0.455. The monoisotopic (exact) mass is 210 g/mol. The quantitative estimate of drug-likeness (QED) is 0.614. The molecule has 0 fully saturated rings. The molecule has 0 bridgehead atoms. The van der Waals surface area contributed by atoms with E-state index in [2.05, 4.69) is 0 Å². The van der Waals surface area contributed by atoms with E-state index >= 15 is 0 Å². The third-order valence-electron chi connectivity index (χ3n) is 2.30. The molecule has 0 amide bonds. The van der Waals surface area contributed by atoms with Crippen LogP contribution in [0.2, 0.25) is 0 Å². The molecule has 84 valence electrons. The second kappa shape index (κ2) is 5.58. The van der Waals surface area contributed by atoms with Gasteiger partial charge in [-0.1, -0.05) is 0 Å². The lowest BCUT2D eigenvalue weighted by Crippen LogP contribution is -2.30. The fourth-order valence-electron chi connectivity index (χ4n) is 1.63. The number of rotatable bonds is 5. The van der Waals surface area contributed by atoms with Gasteiger partial charge in [0.25, 0.3) is 0 Å². The number of hydrogen-bond acceptors (Lipinski definition) is 4. The second-order valence-electron chi connectivity index (χ2n) is 3.48. The van der Waals surface area contributed by atoms with E-state index in [-0.39, 0.29) is 13.2 Å². The molecule has 0 unspecified atom stereocenters. The molecular formula is C11H18N2O2. The maximum atomic E-state index is 8.92. The first-order valence-corrected chi connectivity index (χ1v) is 5.02. The first kappa shape index (κ1) is 11.8. The van der Waals surface area contributed by atoms with Crippen LogP contribution in [0.15, 0.2) is 18.2 Å². The lowest BCUT2D eigenvalue weighted by Gasteiger charge is -2.24. The summed E-state index contributed by atoms with van der Waals surface area (Å²) >= 11 is 0. The highest BCUT2D eigenvalue weighted by Crippen LogP contribution is 2.21. The fourth-order valence-corrected chi connectivity index (χ4v) is 1.63. The molecule has 0 aliphatic rings. The number of benzene rings is 1. The van der Waals surface area contributed by atoms with Crippen molar-refractivity contribution in [2.75, 3.05) is 36.9 Å². The highest BCUT2D eigenvalue weighted by molar-refractivity contribution is 5.59. The largest absolute Gasteiger partial charge is 0.399 e. The van der Waals surface area contributed by atoms with Gasteiger partial charge in [-0.25, -0.2) is 0 Å². The van der Waals surface area contributed by atoms with Crippen LogP contribution in [0.4, 0.5) is 11.4 Å². The highest BCUT2D eigenvalue weighted by atomic mass is 16.3. The van der Waals surface area contributed by atoms with Gasteiger partial charge in [0.2, 0.25) is 0 Å². The van der Waals surface area contributed by atoms with Gasteiger partial charge in [-0.05, 0) is 30.7 Å². The summed E-state index contributed by atoms with van der Waals surface area (Å²) in [6.07, 6.45) is 0. The number of aliphatic hydroxyl groups excluding tert-OH is 2. The summed E-state index contributed by atoms with van der Waals surface area (Å²) in [6.45, 7) is 3.15. The van der Waals surface area contributed by atoms with Crippen LogP contribution < -0.4 is 10.6 Å². The lowest BCUT2D eigenvalue weighted by atomic mass is 10.1. The molecule has 1 aromatic carbocycles. The Morgan fingerprint density at radius 1 is 1.20 bits per heavy atom. The van der Waals surface area contributed by atoms with Crippen molar-refractivity contribution in [2.45, 2.75) is 6.92 Å². The highest BCUT2D eigenvalue weighted by Gasteiger charge is 2.07. The first-order chi connectivity index (χ1) is 7.19. The smallest absolute Gasteiger partial charge is 0.0606 e. The molecule has 0 aromatic heterocycles. The van der Waals surface area contributed by atoms with Crippen molar-refractivity contribution < 1.29 is 10.2 Å². The zero-order valence-electron chi connectivity index (χ0n) is 8.98. The van der Waals surface area contributed by atoms with Crippen molar-refractivity contribution in [3.8, 4) is 0 Å². The van der Waals surface area contributed by atoms with Crippen molar-refractivity contribution in [2.24, 2.45) is 0 Å². The summed E-state index contributed by atoms with van der Waals surface area (Å²) in [4.78, 5) is 1.94. The van der Waals surface area contributed by atoms with Crippen LogP contribution in [-0.2, 0) is 0 Å². The van der Waals surface area contributed by atoms with Gasteiger partial charge in [-0.15, -0.1) is 0 Å². The van der Waals surface area contributed by atoms with Gasteiger partial charge in [0.05, 0.1) is 13.2 Å². The topological polar surface area (TPSA) is 69.7 Å². The van der Waals surface area contributed by atoms with Gasteiger partial charge in [-0.2, -0.15) is 0 Å². The van der Waals surface area contributed by atoms with Gasteiger partial charge >= 0.3 is 0 Å². The van der Waals surface area contributed by atoms with E-state index in [9.17, 15) is 0 Å². The molecule has 0 atom stereocenters. The molecule has 0 radical (unpaired) electrons. The van der Waals surface area contributed by atoms with Crippen molar-refractivity contribution in [1.29, 1.82) is 0 Å². The Morgan fingerprint density at radius 3 is 2.27 bits per heavy atom. The van der Waals surface area contributed by atoms with Crippen molar-refractivity contribution in [1.82, 2.24) is 0 Å². The molecular weight excluding hydrogens is 192 g/mol. The van der Waals surface area contributed by atoms with Crippen LogP contribution in [0.25, 0.3) is 0 Å². The van der Waals surface area contributed by atoms with E-state index in [1.165, 1.54) is 0 Å². The number of anilines is 2. The summed E-state index contributed by atoms with van der Waals surface area (Å²) in [6, 6.07) is 5.62. The minimum absolute atomic E-state index is 0.0732. The van der Waals surface area contributed by atoms with Crippen molar-refractivity contribution in [3.05, 3.63) is 23.8 Å². The Balaban J connectivity index is 2.89. The summed E-state index contributed by atoms with van der Waals surface area (Å²) < 4.78 is 0. The Hall–Kier alpha value is -1.26. The second-order valence-corrected chi connectivity index (χ2v) is 3.48. The number of nitrogens with two attached hydrogens (primary N) is 1. The van der Waals surface area contributed by atoms with Crippen LogP contribution in [-0.4, -0.2) is 36.5 Å². The molecule has 4 heteroatoms. The standard InChI is InChI=1S/C11H18N2O2/c1-9-8-10(12)2-3-11(9)13(4-6-14)5-7-15/h2-3,8,14-15H,4-7,12H2,1H3. The average molecular weight is 210 g/mol. The van der Waals surface area contributed by atoms with Crippen LogP contribution in [0.3, 0.4) is 0 Å². The molecule has 4 nitrogen and oxygen atoms in total. The normalized spacial score (nSPS) is 10.3. The maximum Gasteiger partial charge on any atom is 0.0606 e. The van der Waals surface area contributed by atoms with Crippen LogP contribution >= 0.6 is 0 Å². The van der Waals surface area contributed by atoms with Crippen LogP contribution in [0, 0.1) is 6.92 Å². The molecule has 15 heavy (non-hydrogen) atoms. The van der Waals surface area contributed by atoms with Gasteiger partial charge in [0.15, 0.2) is 0 Å². The van der Waals surface area contributed by atoms with E-state index in [1.54, 1.807) is 0 Å². The predicted octanol–water partition coefficient (Wildman–Crippen LogP) is 0.368.